The van der Waals surface area contributed by atoms with Gasteiger partial charge in [0.05, 0.1) is 5.92 Å². The first-order valence-electron chi connectivity index (χ1n) is 5.89. The van der Waals surface area contributed by atoms with Crippen LogP contribution in [0.1, 0.15) is 33.6 Å². The lowest BCUT2D eigenvalue weighted by atomic mass is 10.0. The molecule has 0 radical (unpaired) electrons. The van der Waals surface area contributed by atoms with Crippen LogP contribution in [0.2, 0.25) is 0 Å². The van der Waals surface area contributed by atoms with E-state index in [1.54, 1.807) is 20.8 Å². The van der Waals surface area contributed by atoms with Gasteiger partial charge in [-0.15, -0.1) is 12.3 Å². The zero-order valence-electron chi connectivity index (χ0n) is 11.2. The summed E-state index contributed by atoms with van der Waals surface area (Å²) in [5.41, 5.74) is -0.801. The Bertz CT molecular complexity index is 443. The molecular weight excluding hydrogens is 250 g/mol. The largest absolute Gasteiger partial charge is 0.480 e. The maximum Gasteiger partial charge on any atom is 0.417 e. The maximum atomic E-state index is 12.0. The molecule has 0 spiro atoms. The molecule has 1 aliphatic rings. The molecule has 0 aromatic heterocycles. The summed E-state index contributed by atoms with van der Waals surface area (Å²) in [5, 5.41) is 9.08. The summed E-state index contributed by atoms with van der Waals surface area (Å²) in [6.07, 6.45) is 4.33. The number of amides is 2. The fraction of sp³-hybridized carbons (Fsp3) is 0.615. The van der Waals surface area contributed by atoms with Crippen molar-refractivity contribution in [3.05, 3.63) is 0 Å². The van der Waals surface area contributed by atoms with Crippen LogP contribution in [-0.2, 0) is 14.3 Å². The fourth-order valence-electron chi connectivity index (χ4n) is 1.88. The van der Waals surface area contributed by atoms with Gasteiger partial charge in [-0.25, -0.2) is 14.5 Å². The molecule has 6 heteroatoms. The van der Waals surface area contributed by atoms with E-state index in [0.717, 1.165) is 0 Å². The minimum atomic E-state index is -1.24. The number of carbonyl (C=O) groups is 3. The molecule has 1 fully saturated rings. The summed E-state index contributed by atoms with van der Waals surface area (Å²) in [6, 6.07) is -1.21. The van der Waals surface area contributed by atoms with Crippen LogP contribution >= 0.6 is 0 Å². The molecule has 1 aliphatic heterocycles. The number of terminal acetylenes is 1. The zero-order chi connectivity index (χ0) is 14.8. The number of carbonyl (C=O) groups excluding carboxylic acids is 2. The molecule has 0 saturated carbocycles. The van der Waals surface area contributed by atoms with Crippen LogP contribution in [0.15, 0.2) is 0 Å². The monoisotopic (exact) mass is 267 g/mol. The van der Waals surface area contributed by atoms with Crippen LogP contribution in [0.3, 0.4) is 0 Å². The molecule has 2 unspecified atom stereocenters. The highest BCUT2D eigenvalue weighted by Crippen LogP contribution is 2.29. The summed E-state index contributed by atoms with van der Waals surface area (Å²) in [4.78, 5) is 35.7. The molecule has 0 aromatic rings. The van der Waals surface area contributed by atoms with E-state index in [0.29, 0.717) is 4.90 Å². The van der Waals surface area contributed by atoms with Gasteiger partial charge < -0.3 is 9.84 Å². The minimum absolute atomic E-state index is 0.0254. The van der Waals surface area contributed by atoms with Gasteiger partial charge in [-0.05, 0) is 27.2 Å². The third-order valence-electron chi connectivity index (χ3n) is 2.65. The molecule has 6 nitrogen and oxygen atoms in total. The van der Waals surface area contributed by atoms with Gasteiger partial charge in [0.25, 0.3) is 0 Å². The van der Waals surface area contributed by atoms with E-state index in [1.807, 2.05) is 0 Å². The number of ether oxygens (including phenoxy) is 1. The summed E-state index contributed by atoms with van der Waals surface area (Å²) in [7, 11) is 0. The first-order chi connectivity index (χ1) is 8.67. The van der Waals surface area contributed by atoms with Crippen LogP contribution in [0, 0.1) is 18.3 Å². The smallest absolute Gasteiger partial charge is 0.417 e. The third kappa shape index (κ3) is 3.47. The van der Waals surface area contributed by atoms with Crippen LogP contribution in [0.5, 0.6) is 0 Å². The highest BCUT2D eigenvalue weighted by atomic mass is 16.6. The molecule has 0 aromatic carbocycles. The molecule has 2 atom stereocenters. The van der Waals surface area contributed by atoms with Gasteiger partial charge in [0.2, 0.25) is 5.91 Å². The standard InChI is InChI=1S/C13H17NO5/c1-5-6-8-7-9(11(16)17)14(10(8)15)12(18)19-13(2,3)4/h1,8-9H,6-7H2,2-4H3,(H,16,17). The van der Waals surface area contributed by atoms with Gasteiger partial charge in [0.15, 0.2) is 0 Å². The lowest BCUT2D eigenvalue weighted by Crippen LogP contribution is -2.45. The predicted octanol–water partition coefficient (Wildman–Crippen LogP) is 1.25. The van der Waals surface area contributed by atoms with Crippen molar-refractivity contribution in [1.82, 2.24) is 4.90 Å². The Hall–Kier alpha value is -2.03. The topological polar surface area (TPSA) is 83.9 Å². The summed E-state index contributed by atoms with van der Waals surface area (Å²) in [5.74, 6) is -0.146. The number of carboxylic acids is 1. The van der Waals surface area contributed by atoms with Gasteiger partial charge in [0.1, 0.15) is 11.6 Å². The first kappa shape index (κ1) is 15.0. The van der Waals surface area contributed by atoms with Crippen LogP contribution in [0.4, 0.5) is 4.79 Å². The van der Waals surface area contributed by atoms with E-state index < -0.39 is 35.5 Å². The van der Waals surface area contributed by atoms with Gasteiger partial charge in [-0.3, -0.25) is 4.79 Å². The highest BCUT2D eigenvalue weighted by Gasteiger charge is 2.47. The van der Waals surface area contributed by atoms with Crippen LogP contribution in [0.25, 0.3) is 0 Å². The second-order valence-corrected chi connectivity index (χ2v) is 5.38. The second-order valence-electron chi connectivity index (χ2n) is 5.38. The van der Waals surface area contributed by atoms with Gasteiger partial charge in [0, 0.05) is 6.42 Å². The van der Waals surface area contributed by atoms with E-state index in [1.165, 1.54) is 0 Å². The van der Waals surface area contributed by atoms with Crippen LogP contribution < -0.4 is 0 Å². The molecule has 1 rings (SSSR count). The molecule has 19 heavy (non-hydrogen) atoms. The van der Waals surface area contributed by atoms with Crippen molar-refractivity contribution in [2.45, 2.75) is 45.3 Å². The minimum Gasteiger partial charge on any atom is -0.480 e. The van der Waals surface area contributed by atoms with Crippen molar-refractivity contribution in [2.75, 3.05) is 0 Å². The number of likely N-dealkylation sites (tertiary alicyclic amines) is 1. The maximum absolute atomic E-state index is 12.0. The first-order valence-corrected chi connectivity index (χ1v) is 5.89. The Labute approximate surface area is 111 Å². The molecule has 1 heterocycles. The van der Waals surface area contributed by atoms with Crippen molar-refractivity contribution in [3.8, 4) is 12.3 Å². The van der Waals surface area contributed by atoms with E-state index in [2.05, 4.69) is 5.92 Å². The predicted molar refractivity (Wildman–Crippen MR) is 66.1 cm³/mol. The Kier molecular flexibility index (Phi) is 4.20. The van der Waals surface area contributed by atoms with E-state index >= 15 is 0 Å². The Morgan fingerprint density at radius 2 is 2.11 bits per heavy atom. The molecular formula is C13H17NO5. The van der Waals surface area contributed by atoms with E-state index in [9.17, 15) is 14.4 Å². The van der Waals surface area contributed by atoms with E-state index in [-0.39, 0.29) is 12.8 Å². The van der Waals surface area contributed by atoms with Gasteiger partial charge in [-0.2, -0.15) is 0 Å². The number of aliphatic carboxylic acids is 1. The molecule has 1 saturated heterocycles. The highest BCUT2D eigenvalue weighted by molar-refractivity contribution is 6.00. The number of rotatable bonds is 2. The molecule has 1 N–H and O–H groups in total. The summed E-state index contributed by atoms with van der Waals surface area (Å²) >= 11 is 0. The number of hydrogen-bond donors (Lipinski definition) is 1. The summed E-state index contributed by atoms with van der Waals surface area (Å²) < 4.78 is 5.05. The second kappa shape index (κ2) is 5.31. The quantitative estimate of drug-likeness (QED) is 0.761. The van der Waals surface area contributed by atoms with Gasteiger partial charge >= 0.3 is 12.1 Å². The van der Waals surface area contributed by atoms with Crippen molar-refractivity contribution in [1.29, 1.82) is 0 Å². The Morgan fingerprint density at radius 1 is 1.53 bits per heavy atom. The number of carboxylic acid groups (broad SMARTS) is 1. The average molecular weight is 267 g/mol. The lowest BCUT2D eigenvalue weighted by molar-refractivity contribution is -0.145. The summed E-state index contributed by atoms with van der Waals surface area (Å²) in [6.45, 7) is 4.92. The van der Waals surface area contributed by atoms with E-state index in [4.69, 9.17) is 16.3 Å². The van der Waals surface area contributed by atoms with Crippen molar-refractivity contribution >= 4 is 18.0 Å². The normalized spacial score (nSPS) is 23.1. The Morgan fingerprint density at radius 3 is 2.53 bits per heavy atom. The SMILES string of the molecule is C#CCC1CC(C(=O)O)N(C(=O)OC(C)(C)C)C1=O. The molecule has 104 valence electrons. The van der Waals surface area contributed by atoms with Crippen molar-refractivity contribution < 1.29 is 24.2 Å². The van der Waals surface area contributed by atoms with Gasteiger partial charge in [-0.1, -0.05) is 0 Å². The van der Waals surface area contributed by atoms with Crippen molar-refractivity contribution in [2.24, 2.45) is 5.92 Å². The fourth-order valence-corrected chi connectivity index (χ4v) is 1.88. The van der Waals surface area contributed by atoms with Crippen LogP contribution in [-0.4, -0.2) is 39.6 Å². The number of nitrogens with zero attached hydrogens (tertiary/aromatic N) is 1. The zero-order valence-corrected chi connectivity index (χ0v) is 11.2. The molecule has 0 aliphatic carbocycles. The van der Waals surface area contributed by atoms with Crippen molar-refractivity contribution in [3.63, 3.8) is 0 Å². The third-order valence-corrected chi connectivity index (χ3v) is 2.65. The lowest BCUT2D eigenvalue weighted by Gasteiger charge is -2.25. The molecule has 0 bridgehead atoms. The number of imide groups is 1. The average Bonchev–Trinajstić information content (AvgIpc) is 2.54. The Balaban J connectivity index is 2.95. The number of hydrogen-bond acceptors (Lipinski definition) is 4. The molecule has 2 amide bonds.